The molecule has 0 bridgehead atoms. The molecule has 2 fully saturated rings. The van der Waals surface area contributed by atoms with Gasteiger partial charge in [0, 0.05) is 18.0 Å². The molecule has 2 atom stereocenters. The van der Waals surface area contributed by atoms with Crippen molar-refractivity contribution in [2.45, 2.75) is 31.4 Å². The van der Waals surface area contributed by atoms with E-state index in [0.29, 0.717) is 31.0 Å². The molecule has 2 aliphatic rings. The van der Waals surface area contributed by atoms with E-state index in [9.17, 15) is 13.2 Å². The molecule has 1 amide bonds. The van der Waals surface area contributed by atoms with Gasteiger partial charge in [-0.1, -0.05) is 29.8 Å². The van der Waals surface area contributed by atoms with E-state index in [1.165, 1.54) is 0 Å². The van der Waals surface area contributed by atoms with Gasteiger partial charge >= 0.3 is 0 Å². The number of benzene rings is 1. The molecule has 3 rings (SSSR count). The van der Waals surface area contributed by atoms with Crippen molar-refractivity contribution in [2.75, 3.05) is 24.7 Å². The van der Waals surface area contributed by atoms with E-state index in [1.54, 1.807) is 4.90 Å². The fourth-order valence-corrected chi connectivity index (χ4v) is 5.40. The zero-order valence-electron chi connectivity index (χ0n) is 12.8. The number of sulfone groups is 1. The zero-order valence-corrected chi connectivity index (χ0v) is 14.4. The zero-order chi connectivity index (χ0) is 16.4. The topological polar surface area (TPSA) is 63.7 Å². The molecule has 2 aliphatic heterocycles. The van der Waals surface area contributed by atoms with Crippen LogP contribution in [0.1, 0.15) is 18.4 Å². The van der Waals surface area contributed by atoms with Gasteiger partial charge in [-0.25, -0.2) is 8.42 Å². The quantitative estimate of drug-likeness (QED) is 0.822. The number of nitrogens with zero attached hydrogens (tertiary/aromatic N) is 1. The summed E-state index contributed by atoms with van der Waals surface area (Å²) in [6, 6.07) is 7.29. The third kappa shape index (κ3) is 3.87. The van der Waals surface area contributed by atoms with Crippen LogP contribution >= 0.6 is 11.6 Å². The molecule has 0 aliphatic carbocycles. The van der Waals surface area contributed by atoms with Crippen molar-refractivity contribution < 1.29 is 17.9 Å². The summed E-state index contributed by atoms with van der Waals surface area (Å²) in [5, 5.41) is 0.716. The highest BCUT2D eigenvalue weighted by Crippen LogP contribution is 2.25. The van der Waals surface area contributed by atoms with Crippen LogP contribution in [0.2, 0.25) is 5.02 Å². The fourth-order valence-electron chi connectivity index (χ4n) is 3.30. The Morgan fingerprint density at radius 3 is 2.87 bits per heavy atom. The molecule has 0 aromatic heterocycles. The van der Waals surface area contributed by atoms with Crippen LogP contribution in [0.5, 0.6) is 0 Å². The Morgan fingerprint density at radius 2 is 2.09 bits per heavy atom. The summed E-state index contributed by atoms with van der Waals surface area (Å²) >= 11 is 6.11. The summed E-state index contributed by atoms with van der Waals surface area (Å²) in [7, 11) is -3.10. The molecule has 1 aromatic rings. The summed E-state index contributed by atoms with van der Waals surface area (Å²) in [6.07, 6.45) is 1.47. The summed E-state index contributed by atoms with van der Waals surface area (Å²) in [5.41, 5.74) is 1.03. The van der Waals surface area contributed by atoms with Crippen molar-refractivity contribution in [3.05, 3.63) is 34.9 Å². The molecule has 5 nitrogen and oxygen atoms in total. The molecule has 0 N–H and O–H groups in total. The molecule has 7 heteroatoms. The lowest BCUT2D eigenvalue weighted by Gasteiger charge is -2.36. The van der Waals surface area contributed by atoms with Crippen molar-refractivity contribution in [3.63, 3.8) is 0 Å². The number of rotatable bonds is 4. The van der Waals surface area contributed by atoms with Crippen molar-refractivity contribution in [1.29, 1.82) is 0 Å². The van der Waals surface area contributed by atoms with Crippen LogP contribution in [-0.2, 0) is 25.8 Å². The Labute approximate surface area is 141 Å². The number of fused-ring (bicyclic) bond motifs is 1. The van der Waals surface area contributed by atoms with Gasteiger partial charge in [-0.05, 0) is 24.5 Å². The minimum atomic E-state index is -3.10. The Kier molecular flexibility index (Phi) is 4.94. The Morgan fingerprint density at radius 1 is 1.30 bits per heavy atom. The first kappa shape index (κ1) is 16.7. The van der Waals surface area contributed by atoms with Gasteiger partial charge in [0.2, 0.25) is 5.91 Å². The van der Waals surface area contributed by atoms with Crippen LogP contribution in [0.3, 0.4) is 0 Å². The average Bonchev–Trinajstić information content (AvgIpc) is 2.82. The lowest BCUT2D eigenvalue weighted by atomic mass is 10.1. The van der Waals surface area contributed by atoms with Gasteiger partial charge in [-0.3, -0.25) is 4.79 Å². The van der Waals surface area contributed by atoms with Gasteiger partial charge in [-0.2, -0.15) is 0 Å². The predicted molar refractivity (Wildman–Crippen MR) is 88.3 cm³/mol. The monoisotopic (exact) mass is 357 g/mol. The molecule has 2 unspecified atom stereocenters. The molecule has 0 radical (unpaired) electrons. The van der Waals surface area contributed by atoms with Crippen molar-refractivity contribution in [3.8, 4) is 0 Å². The SMILES string of the molecule is O=C(CCCc1ccccc1Cl)N1CCOC2CS(=O)(=O)CC21. The number of hydrogen-bond acceptors (Lipinski definition) is 4. The minimum absolute atomic E-state index is 0.00690. The van der Waals surface area contributed by atoms with E-state index in [2.05, 4.69) is 0 Å². The summed E-state index contributed by atoms with van der Waals surface area (Å²) in [6.45, 7) is 0.883. The smallest absolute Gasteiger partial charge is 0.223 e. The van der Waals surface area contributed by atoms with E-state index in [1.807, 2.05) is 24.3 Å². The van der Waals surface area contributed by atoms with Crippen LogP contribution in [0.25, 0.3) is 0 Å². The first-order valence-electron chi connectivity index (χ1n) is 7.81. The minimum Gasteiger partial charge on any atom is -0.373 e. The second kappa shape index (κ2) is 6.79. The van der Waals surface area contributed by atoms with Gasteiger partial charge in [0.25, 0.3) is 0 Å². The maximum Gasteiger partial charge on any atom is 0.223 e. The Hall–Kier alpha value is -1.11. The molecular formula is C16H20ClNO4S. The highest BCUT2D eigenvalue weighted by Gasteiger charge is 2.45. The van der Waals surface area contributed by atoms with Gasteiger partial charge in [0.1, 0.15) is 0 Å². The molecule has 0 spiro atoms. The molecule has 23 heavy (non-hydrogen) atoms. The number of carbonyl (C=O) groups excluding carboxylic acids is 1. The van der Waals surface area contributed by atoms with Gasteiger partial charge < -0.3 is 9.64 Å². The predicted octanol–water partition coefficient (Wildman–Crippen LogP) is 1.69. The maximum absolute atomic E-state index is 12.5. The van der Waals surface area contributed by atoms with E-state index in [-0.39, 0.29) is 29.6 Å². The van der Waals surface area contributed by atoms with E-state index < -0.39 is 9.84 Å². The largest absolute Gasteiger partial charge is 0.373 e. The van der Waals surface area contributed by atoms with E-state index in [0.717, 1.165) is 12.0 Å². The first-order valence-corrected chi connectivity index (χ1v) is 10.0. The van der Waals surface area contributed by atoms with E-state index in [4.69, 9.17) is 16.3 Å². The van der Waals surface area contributed by atoms with Crippen LogP contribution in [-0.4, -0.2) is 56.0 Å². The summed E-state index contributed by atoms with van der Waals surface area (Å²) < 4.78 is 29.1. The number of hydrogen-bond donors (Lipinski definition) is 0. The van der Waals surface area contributed by atoms with Crippen molar-refractivity contribution >= 4 is 27.3 Å². The van der Waals surface area contributed by atoms with E-state index >= 15 is 0 Å². The molecule has 0 saturated carbocycles. The van der Waals surface area contributed by atoms with Crippen molar-refractivity contribution in [2.24, 2.45) is 0 Å². The Balaban J connectivity index is 1.57. The van der Waals surface area contributed by atoms with Crippen LogP contribution in [0, 0.1) is 0 Å². The maximum atomic E-state index is 12.5. The van der Waals surface area contributed by atoms with Crippen LogP contribution < -0.4 is 0 Å². The number of aryl methyl sites for hydroxylation is 1. The molecular weight excluding hydrogens is 338 g/mol. The number of morpholine rings is 1. The highest BCUT2D eigenvalue weighted by atomic mass is 35.5. The van der Waals surface area contributed by atoms with Crippen LogP contribution in [0.4, 0.5) is 0 Å². The highest BCUT2D eigenvalue weighted by molar-refractivity contribution is 7.91. The van der Waals surface area contributed by atoms with Crippen molar-refractivity contribution in [1.82, 2.24) is 4.90 Å². The summed E-state index contributed by atoms with van der Waals surface area (Å²) in [4.78, 5) is 14.2. The number of halogens is 1. The molecule has 2 saturated heterocycles. The normalized spacial score (nSPS) is 26.0. The number of ether oxygens (including phenoxy) is 1. The van der Waals surface area contributed by atoms with Gasteiger partial charge in [-0.15, -0.1) is 0 Å². The fraction of sp³-hybridized carbons (Fsp3) is 0.562. The number of amides is 1. The molecule has 2 heterocycles. The Bertz CT molecular complexity index is 691. The summed E-state index contributed by atoms with van der Waals surface area (Å²) in [5.74, 6) is 0.0575. The second-order valence-corrected chi connectivity index (χ2v) is 8.65. The van der Waals surface area contributed by atoms with Crippen LogP contribution in [0.15, 0.2) is 24.3 Å². The number of carbonyl (C=O) groups is 1. The lowest BCUT2D eigenvalue weighted by molar-refractivity contribution is -0.142. The first-order chi connectivity index (χ1) is 11.0. The molecule has 126 valence electrons. The third-order valence-corrected chi connectivity index (χ3v) is 6.51. The van der Waals surface area contributed by atoms with Gasteiger partial charge in [0.05, 0.1) is 30.3 Å². The third-order valence-electron chi connectivity index (χ3n) is 4.45. The standard InChI is InChI=1S/C16H20ClNO4S/c17-13-6-2-1-4-12(13)5-3-7-16(19)18-8-9-22-15-11-23(20,21)10-14(15)18/h1-2,4,6,14-15H,3,5,7-11H2. The lowest BCUT2D eigenvalue weighted by Crippen LogP contribution is -2.53. The molecule has 1 aromatic carbocycles. The van der Waals surface area contributed by atoms with Gasteiger partial charge in [0.15, 0.2) is 9.84 Å². The average molecular weight is 358 g/mol. The second-order valence-electron chi connectivity index (χ2n) is 6.09.